The molecule has 0 saturated carbocycles. The number of rotatable bonds is 4. The highest BCUT2D eigenvalue weighted by Crippen LogP contribution is 2.29. The van der Waals surface area contributed by atoms with Gasteiger partial charge >= 0.3 is 0 Å². The molecule has 1 saturated heterocycles. The van der Waals surface area contributed by atoms with Crippen LogP contribution in [0.2, 0.25) is 10.0 Å². The minimum atomic E-state index is -0.360. The van der Waals surface area contributed by atoms with E-state index in [0.29, 0.717) is 38.5 Å². The standard InChI is InChI=1S/C25H22Cl2N8O/c1-15-13-16(5-6-20(15)33-10-7-28-8-11-33)31-24-30-14-17-22(32-24)34-12-9-29-25(34)35(23(17)36)21-18(26)3-2-4-19(21)27/h2-6,9,12-14,28H,7-8,10-11H2,1H3,(H,30,31,32). The van der Waals surface area contributed by atoms with Crippen molar-refractivity contribution in [2.24, 2.45) is 0 Å². The molecular formula is C25H22Cl2N8O. The highest BCUT2D eigenvalue weighted by molar-refractivity contribution is 6.37. The number of fused-ring (bicyclic) bond motifs is 3. The van der Waals surface area contributed by atoms with Crippen molar-refractivity contribution in [1.82, 2.24) is 29.2 Å². The number of hydrogen-bond donors (Lipinski definition) is 2. The maximum Gasteiger partial charge on any atom is 0.270 e. The number of aryl methyl sites for hydroxylation is 1. The summed E-state index contributed by atoms with van der Waals surface area (Å²) < 4.78 is 3.11. The Labute approximate surface area is 216 Å². The summed E-state index contributed by atoms with van der Waals surface area (Å²) in [5, 5.41) is 7.64. The van der Waals surface area contributed by atoms with Gasteiger partial charge in [-0.3, -0.25) is 9.20 Å². The van der Waals surface area contributed by atoms with Crippen LogP contribution in [0.4, 0.5) is 17.3 Å². The Morgan fingerprint density at radius 1 is 1.06 bits per heavy atom. The van der Waals surface area contributed by atoms with E-state index < -0.39 is 0 Å². The number of imidazole rings is 1. The first-order valence-corrected chi connectivity index (χ1v) is 12.3. The van der Waals surface area contributed by atoms with Crippen LogP contribution in [0, 0.1) is 6.92 Å². The van der Waals surface area contributed by atoms with Crippen molar-refractivity contribution in [1.29, 1.82) is 0 Å². The zero-order valence-electron chi connectivity index (χ0n) is 19.4. The molecule has 4 heterocycles. The molecule has 0 unspecified atom stereocenters. The van der Waals surface area contributed by atoms with Gasteiger partial charge in [0, 0.05) is 56.1 Å². The number of nitrogens with one attached hydrogen (secondary N) is 2. The topological polar surface area (TPSA) is 92.4 Å². The van der Waals surface area contributed by atoms with Crippen LogP contribution in [0.1, 0.15) is 5.56 Å². The number of para-hydroxylation sites is 1. The molecule has 0 aliphatic carbocycles. The van der Waals surface area contributed by atoms with Crippen molar-refractivity contribution in [3.8, 4) is 5.69 Å². The molecule has 9 nitrogen and oxygen atoms in total. The predicted octanol–water partition coefficient (Wildman–Crippen LogP) is 4.20. The lowest BCUT2D eigenvalue weighted by atomic mass is 10.1. The lowest BCUT2D eigenvalue weighted by Crippen LogP contribution is -2.43. The van der Waals surface area contributed by atoms with E-state index in [1.807, 2.05) is 6.07 Å². The fourth-order valence-electron chi connectivity index (χ4n) is 4.63. The third-order valence-electron chi connectivity index (χ3n) is 6.32. The molecule has 1 aliphatic rings. The molecule has 1 aliphatic heterocycles. The third kappa shape index (κ3) is 3.85. The summed E-state index contributed by atoms with van der Waals surface area (Å²) in [5.74, 6) is 0.725. The Hall–Kier alpha value is -3.66. The van der Waals surface area contributed by atoms with Gasteiger partial charge in [-0.15, -0.1) is 0 Å². The van der Waals surface area contributed by atoms with E-state index >= 15 is 0 Å². The largest absolute Gasteiger partial charge is 0.369 e. The van der Waals surface area contributed by atoms with Crippen molar-refractivity contribution < 1.29 is 0 Å². The van der Waals surface area contributed by atoms with E-state index in [0.717, 1.165) is 31.9 Å². The van der Waals surface area contributed by atoms with Crippen molar-refractivity contribution in [3.63, 3.8) is 0 Å². The fourth-order valence-corrected chi connectivity index (χ4v) is 5.20. The zero-order chi connectivity index (χ0) is 24.8. The Morgan fingerprint density at radius 3 is 2.58 bits per heavy atom. The Kier molecular flexibility index (Phi) is 5.75. The van der Waals surface area contributed by atoms with Gasteiger partial charge in [0.2, 0.25) is 11.7 Å². The lowest BCUT2D eigenvalue weighted by molar-refractivity contribution is 0.588. The quantitative estimate of drug-likeness (QED) is 0.366. The second-order valence-electron chi connectivity index (χ2n) is 8.60. The second kappa shape index (κ2) is 9.09. The molecule has 2 N–H and O–H groups in total. The maximum atomic E-state index is 13.5. The van der Waals surface area contributed by atoms with Crippen LogP contribution in [-0.4, -0.2) is 50.1 Å². The Morgan fingerprint density at radius 2 is 1.83 bits per heavy atom. The van der Waals surface area contributed by atoms with Crippen molar-refractivity contribution in [3.05, 3.63) is 81.0 Å². The van der Waals surface area contributed by atoms with Crippen LogP contribution in [0.5, 0.6) is 0 Å². The molecule has 0 bridgehead atoms. The first-order valence-electron chi connectivity index (χ1n) is 11.5. The van der Waals surface area contributed by atoms with Gasteiger partial charge < -0.3 is 15.5 Å². The molecule has 0 spiro atoms. The molecule has 0 atom stereocenters. The van der Waals surface area contributed by atoms with Crippen LogP contribution >= 0.6 is 23.2 Å². The number of halogens is 2. The summed E-state index contributed by atoms with van der Waals surface area (Å²) in [5.41, 5.74) is 3.69. The minimum absolute atomic E-state index is 0.312. The fraction of sp³-hybridized carbons (Fsp3) is 0.200. The molecule has 11 heteroatoms. The third-order valence-corrected chi connectivity index (χ3v) is 6.93. The molecule has 1 fully saturated rings. The predicted molar refractivity (Wildman–Crippen MR) is 143 cm³/mol. The number of piperazine rings is 1. The monoisotopic (exact) mass is 520 g/mol. The van der Waals surface area contributed by atoms with Crippen LogP contribution in [0.25, 0.3) is 22.5 Å². The van der Waals surface area contributed by atoms with Gasteiger partial charge in [0.05, 0.1) is 15.7 Å². The molecule has 36 heavy (non-hydrogen) atoms. The molecule has 2 aromatic carbocycles. The Bertz CT molecular complexity index is 1650. The van der Waals surface area contributed by atoms with Gasteiger partial charge in [0.15, 0.2) is 5.65 Å². The molecule has 182 valence electrons. The van der Waals surface area contributed by atoms with Gasteiger partial charge in [-0.25, -0.2) is 14.5 Å². The minimum Gasteiger partial charge on any atom is -0.369 e. The van der Waals surface area contributed by atoms with E-state index in [1.54, 1.807) is 35.0 Å². The normalized spacial score (nSPS) is 14.0. The van der Waals surface area contributed by atoms with E-state index in [1.165, 1.54) is 22.0 Å². The SMILES string of the molecule is Cc1cc(Nc2ncc3c(=O)n(-c4c(Cl)cccc4Cl)c4nccn4c3n2)ccc1N1CCNCC1. The number of nitrogens with zero attached hydrogens (tertiary/aromatic N) is 6. The van der Waals surface area contributed by atoms with Gasteiger partial charge in [-0.05, 0) is 42.8 Å². The van der Waals surface area contributed by atoms with Crippen molar-refractivity contribution in [2.75, 3.05) is 36.4 Å². The number of anilines is 3. The number of benzene rings is 2. The number of aromatic nitrogens is 5. The Balaban J connectivity index is 1.41. The van der Waals surface area contributed by atoms with E-state index in [9.17, 15) is 4.79 Å². The molecule has 5 aromatic rings. The molecule has 6 rings (SSSR count). The van der Waals surface area contributed by atoms with Crippen LogP contribution in [0.3, 0.4) is 0 Å². The second-order valence-corrected chi connectivity index (χ2v) is 9.42. The lowest BCUT2D eigenvalue weighted by Gasteiger charge is -2.30. The molecule has 0 amide bonds. The van der Waals surface area contributed by atoms with E-state index in [4.69, 9.17) is 23.2 Å². The zero-order valence-corrected chi connectivity index (χ0v) is 20.9. The summed E-state index contributed by atoms with van der Waals surface area (Å²) in [7, 11) is 0. The summed E-state index contributed by atoms with van der Waals surface area (Å²) in [6.07, 6.45) is 4.85. The number of hydrogen-bond acceptors (Lipinski definition) is 7. The molecule has 3 aromatic heterocycles. The van der Waals surface area contributed by atoms with Crippen LogP contribution in [0.15, 0.2) is 59.8 Å². The molecular weight excluding hydrogens is 499 g/mol. The van der Waals surface area contributed by atoms with Crippen molar-refractivity contribution in [2.45, 2.75) is 6.92 Å². The highest BCUT2D eigenvalue weighted by atomic mass is 35.5. The maximum absolute atomic E-state index is 13.5. The smallest absolute Gasteiger partial charge is 0.270 e. The first-order chi connectivity index (χ1) is 17.5. The van der Waals surface area contributed by atoms with Gasteiger partial charge in [-0.2, -0.15) is 4.98 Å². The average Bonchev–Trinajstić information content (AvgIpc) is 3.36. The van der Waals surface area contributed by atoms with Gasteiger partial charge in [0.25, 0.3) is 5.56 Å². The van der Waals surface area contributed by atoms with Crippen LogP contribution in [-0.2, 0) is 0 Å². The van der Waals surface area contributed by atoms with E-state index in [-0.39, 0.29) is 5.56 Å². The molecule has 0 radical (unpaired) electrons. The van der Waals surface area contributed by atoms with Crippen LogP contribution < -0.4 is 21.1 Å². The summed E-state index contributed by atoms with van der Waals surface area (Å²) in [4.78, 5) is 29.4. The first kappa shape index (κ1) is 22.8. The van der Waals surface area contributed by atoms with Crippen molar-refractivity contribution >= 4 is 57.3 Å². The highest BCUT2D eigenvalue weighted by Gasteiger charge is 2.19. The van der Waals surface area contributed by atoms with Gasteiger partial charge in [0.1, 0.15) is 5.39 Å². The van der Waals surface area contributed by atoms with E-state index in [2.05, 4.69) is 49.5 Å². The summed E-state index contributed by atoms with van der Waals surface area (Å²) in [6, 6.07) is 11.3. The van der Waals surface area contributed by atoms with Gasteiger partial charge in [-0.1, -0.05) is 29.3 Å². The average molecular weight is 521 g/mol. The summed E-state index contributed by atoms with van der Waals surface area (Å²) in [6.45, 7) is 6.04. The summed E-state index contributed by atoms with van der Waals surface area (Å²) >= 11 is 12.8.